The Morgan fingerprint density at radius 2 is 1.90 bits per heavy atom. The molecule has 0 saturated heterocycles. The van der Waals surface area contributed by atoms with Crippen LogP contribution in [0.1, 0.15) is 46.0 Å². The van der Waals surface area contributed by atoms with Crippen LogP contribution in [0.3, 0.4) is 0 Å². The minimum absolute atomic E-state index is 0.174. The third kappa shape index (κ3) is 4.32. The first-order chi connectivity index (χ1) is 9.54. The van der Waals surface area contributed by atoms with Gasteiger partial charge < -0.3 is 15.4 Å². The quantitative estimate of drug-likeness (QED) is 0.824. The van der Waals surface area contributed by atoms with Crippen molar-refractivity contribution in [1.29, 1.82) is 0 Å². The molecule has 3 nitrogen and oxygen atoms in total. The molecular formula is C17H28N2O. The molecule has 112 valence electrons. The van der Waals surface area contributed by atoms with Crippen LogP contribution in [-0.2, 0) is 0 Å². The Kier molecular flexibility index (Phi) is 5.16. The number of nitrogens with two attached hydrogens (primary N) is 1. The Bertz CT molecular complexity index is 425. The van der Waals surface area contributed by atoms with E-state index in [1.807, 2.05) is 26.0 Å². The van der Waals surface area contributed by atoms with Crippen molar-refractivity contribution in [2.75, 3.05) is 24.2 Å². The van der Waals surface area contributed by atoms with Crippen molar-refractivity contribution in [3.05, 3.63) is 18.2 Å². The van der Waals surface area contributed by atoms with Crippen LogP contribution in [0.15, 0.2) is 18.2 Å². The predicted molar refractivity (Wildman–Crippen MR) is 86.5 cm³/mol. The Morgan fingerprint density at radius 1 is 1.20 bits per heavy atom. The van der Waals surface area contributed by atoms with Gasteiger partial charge in [0.25, 0.3) is 0 Å². The van der Waals surface area contributed by atoms with Crippen LogP contribution in [0, 0.1) is 5.92 Å². The Labute approximate surface area is 123 Å². The second-order valence-corrected chi connectivity index (χ2v) is 6.31. The summed E-state index contributed by atoms with van der Waals surface area (Å²) in [6.07, 6.45) is 7.08. The van der Waals surface area contributed by atoms with Gasteiger partial charge >= 0.3 is 0 Å². The fourth-order valence-electron chi connectivity index (χ4n) is 3.03. The van der Waals surface area contributed by atoms with Gasteiger partial charge in [-0.3, -0.25) is 0 Å². The van der Waals surface area contributed by atoms with Gasteiger partial charge in [-0.15, -0.1) is 0 Å². The molecule has 2 rings (SSSR count). The van der Waals surface area contributed by atoms with Crippen LogP contribution >= 0.6 is 0 Å². The zero-order valence-electron chi connectivity index (χ0n) is 13.1. The van der Waals surface area contributed by atoms with Crippen molar-refractivity contribution in [2.45, 2.75) is 52.1 Å². The lowest BCUT2D eigenvalue weighted by molar-refractivity contribution is 0.242. The number of hydrogen-bond acceptors (Lipinski definition) is 3. The summed E-state index contributed by atoms with van der Waals surface area (Å²) in [5.41, 5.74) is 7.93. The summed E-state index contributed by atoms with van der Waals surface area (Å²) in [5.74, 6) is 1.69. The molecule has 0 spiro atoms. The van der Waals surface area contributed by atoms with Gasteiger partial charge in [-0.25, -0.2) is 0 Å². The van der Waals surface area contributed by atoms with Gasteiger partial charge in [0.1, 0.15) is 5.75 Å². The van der Waals surface area contributed by atoms with Crippen molar-refractivity contribution >= 4 is 11.4 Å². The lowest BCUT2D eigenvalue weighted by Gasteiger charge is -2.29. The molecule has 2 N–H and O–H groups in total. The molecule has 1 aliphatic carbocycles. The molecule has 0 radical (unpaired) electrons. The van der Waals surface area contributed by atoms with Crippen molar-refractivity contribution in [1.82, 2.24) is 0 Å². The monoisotopic (exact) mass is 276 g/mol. The van der Waals surface area contributed by atoms with E-state index in [4.69, 9.17) is 10.5 Å². The topological polar surface area (TPSA) is 38.5 Å². The first kappa shape index (κ1) is 15.0. The van der Waals surface area contributed by atoms with Crippen molar-refractivity contribution < 1.29 is 4.74 Å². The minimum atomic E-state index is 0.174. The van der Waals surface area contributed by atoms with E-state index in [0.717, 1.165) is 29.6 Å². The highest BCUT2D eigenvalue weighted by atomic mass is 16.5. The number of rotatable bonds is 5. The Hall–Kier alpha value is -1.38. The van der Waals surface area contributed by atoms with Gasteiger partial charge in [-0.2, -0.15) is 0 Å². The van der Waals surface area contributed by atoms with Crippen molar-refractivity contribution in [3.63, 3.8) is 0 Å². The molecule has 0 atom stereocenters. The summed E-state index contributed by atoms with van der Waals surface area (Å²) >= 11 is 0. The standard InChI is InChI=1S/C17H28N2O/c1-13(2)20-17-10-15(18)9-16(11-17)19(3)12-14-7-5-4-6-8-14/h9-11,13-14H,4-8,12,18H2,1-3H3. The van der Waals surface area contributed by atoms with E-state index in [1.165, 1.54) is 32.1 Å². The van der Waals surface area contributed by atoms with Gasteiger partial charge in [-0.05, 0) is 38.7 Å². The molecule has 1 aromatic carbocycles. The molecular weight excluding hydrogens is 248 g/mol. The van der Waals surface area contributed by atoms with Crippen LogP contribution in [-0.4, -0.2) is 19.7 Å². The summed E-state index contributed by atoms with van der Waals surface area (Å²) in [5, 5.41) is 0. The lowest BCUT2D eigenvalue weighted by atomic mass is 9.89. The van der Waals surface area contributed by atoms with E-state index < -0.39 is 0 Å². The first-order valence-electron chi connectivity index (χ1n) is 7.83. The number of ether oxygens (including phenoxy) is 1. The lowest BCUT2D eigenvalue weighted by Crippen LogP contribution is -2.26. The highest BCUT2D eigenvalue weighted by Crippen LogP contribution is 2.29. The maximum absolute atomic E-state index is 6.00. The van der Waals surface area contributed by atoms with Crippen LogP contribution < -0.4 is 15.4 Å². The second kappa shape index (κ2) is 6.87. The molecule has 3 heteroatoms. The smallest absolute Gasteiger partial charge is 0.123 e. The number of anilines is 2. The molecule has 1 saturated carbocycles. The van der Waals surface area contributed by atoms with Gasteiger partial charge in [0.05, 0.1) is 6.10 Å². The SMILES string of the molecule is CC(C)Oc1cc(N)cc(N(C)CC2CCCCC2)c1. The Balaban J connectivity index is 2.04. The third-order valence-electron chi connectivity index (χ3n) is 3.98. The summed E-state index contributed by atoms with van der Waals surface area (Å²) in [6.45, 7) is 5.19. The predicted octanol–water partition coefficient (Wildman–Crippen LogP) is 4.07. The maximum atomic E-state index is 6.00. The molecule has 1 aliphatic rings. The average Bonchev–Trinajstić information content (AvgIpc) is 2.38. The van der Waals surface area contributed by atoms with Crippen LogP contribution in [0.4, 0.5) is 11.4 Å². The highest BCUT2D eigenvalue weighted by Gasteiger charge is 2.16. The van der Waals surface area contributed by atoms with Crippen LogP contribution in [0.2, 0.25) is 0 Å². The summed E-state index contributed by atoms with van der Waals surface area (Å²) < 4.78 is 5.77. The summed E-state index contributed by atoms with van der Waals surface area (Å²) in [7, 11) is 2.16. The summed E-state index contributed by atoms with van der Waals surface area (Å²) in [6, 6.07) is 6.03. The zero-order chi connectivity index (χ0) is 14.5. The fourth-order valence-corrected chi connectivity index (χ4v) is 3.03. The molecule has 0 aliphatic heterocycles. The van der Waals surface area contributed by atoms with E-state index in [1.54, 1.807) is 0 Å². The second-order valence-electron chi connectivity index (χ2n) is 6.31. The fraction of sp³-hybridized carbons (Fsp3) is 0.647. The molecule has 1 fully saturated rings. The van der Waals surface area contributed by atoms with Gasteiger partial charge in [0, 0.05) is 37.1 Å². The van der Waals surface area contributed by atoms with Gasteiger partial charge in [0.15, 0.2) is 0 Å². The number of benzene rings is 1. The van der Waals surface area contributed by atoms with E-state index >= 15 is 0 Å². The number of nitrogens with zero attached hydrogens (tertiary/aromatic N) is 1. The normalized spacial score (nSPS) is 16.4. The molecule has 0 bridgehead atoms. The molecule has 0 aromatic heterocycles. The van der Waals surface area contributed by atoms with Crippen molar-refractivity contribution in [3.8, 4) is 5.75 Å². The van der Waals surface area contributed by atoms with E-state index in [9.17, 15) is 0 Å². The zero-order valence-corrected chi connectivity index (χ0v) is 13.1. The maximum Gasteiger partial charge on any atom is 0.123 e. The molecule has 0 heterocycles. The Morgan fingerprint density at radius 3 is 2.55 bits per heavy atom. The number of hydrogen-bond donors (Lipinski definition) is 1. The molecule has 1 aromatic rings. The highest BCUT2D eigenvalue weighted by molar-refractivity contribution is 5.60. The third-order valence-corrected chi connectivity index (χ3v) is 3.98. The van der Waals surface area contributed by atoms with Gasteiger partial charge in [0.2, 0.25) is 0 Å². The van der Waals surface area contributed by atoms with Crippen LogP contribution in [0.25, 0.3) is 0 Å². The van der Waals surface area contributed by atoms with E-state index in [0.29, 0.717) is 0 Å². The largest absolute Gasteiger partial charge is 0.491 e. The molecule has 20 heavy (non-hydrogen) atoms. The summed E-state index contributed by atoms with van der Waals surface area (Å²) in [4.78, 5) is 2.32. The van der Waals surface area contributed by atoms with Crippen LogP contribution in [0.5, 0.6) is 5.75 Å². The molecule has 0 unspecified atom stereocenters. The van der Waals surface area contributed by atoms with Crippen molar-refractivity contribution in [2.24, 2.45) is 5.92 Å². The minimum Gasteiger partial charge on any atom is -0.491 e. The first-order valence-corrected chi connectivity index (χ1v) is 7.83. The molecule has 0 amide bonds. The van der Waals surface area contributed by atoms with E-state index in [-0.39, 0.29) is 6.10 Å². The van der Waals surface area contributed by atoms with E-state index in [2.05, 4.69) is 18.0 Å². The number of nitrogen functional groups attached to an aromatic ring is 1. The van der Waals surface area contributed by atoms with Gasteiger partial charge in [-0.1, -0.05) is 19.3 Å². The average molecular weight is 276 g/mol.